The monoisotopic (exact) mass is 858 g/mol. The standard InChI is InChI=1S/C55H103NO5/c1-4-7-10-13-16-19-22-24-25-26-27-28-30-33-36-39-42-45-48-55(60)61-51(46-43-40-37-34-32-29-23-20-17-14-11-8-5-2)49-54(59)56-52(50-57)53(58)47-44-41-38-35-31-21-18-15-12-9-6-3/h20,23,25-28,51-53,57-58H,4-19,21-22,24,29-50H2,1-3H3,(H,56,59)/b23-20-,26-25+,28-27+. The second kappa shape index (κ2) is 49.1. The molecule has 6 heteroatoms. The van der Waals surface area contributed by atoms with Gasteiger partial charge in [-0.15, -0.1) is 0 Å². The van der Waals surface area contributed by atoms with Crippen LogP contribution in [0.5, 0.6) is 0 Å². The highest BCUT2D eigenvalue weighted by Gasteiger charge is 2.24. The molecule has 3 N–H and O–H groups in total. The lowest BCUT2D eigenvalue weighted by molar-refractivity contribution is -0.151. The van der Waals surface area contributed by atoms with E-state index < -0.39 is 18.2 Å². The molecule has 3 unspecified atom stereocenters. The van der Waals surface area contributed by atoms with E-state index in [1.807, 2.05) is 0 Å². The summed E-state index contributed by atoms with van der Waals surface area (Å²) in [5.74, 6) is -0.491. The van der Waals surface area contributed by atoms with Crippen molar-refractivity contribution >= 4 is 11.9 Å². The molecule has 0 heterocycles. The average molecular weight is 858 g/mol. The number of aliphatic hydroxyl groups excluding tert-OH is 2. The Kier molecular flexibility index (Phi) is 47.6. The quantitative estimate of drug-likeness (QED) is 0.0245. The Bertz CT molecular complexity index is 1010. The number of aliphatic hydroxyl groups is 2. The van der Waals surface area contributed by atoms with E-state index in [-0.39, 0.29) is 24.9 Å². The Morgan fingerprint density at radius 3 is 1.28 bits per heavy atom. The largest absolute Gasteiger partial charge is 0.462 e. The summed E-state index contributed by atoms with van der Waals surface area (Å²) in [6, 6.07) is -0.705. The van der Waals surface area contributed by atoms with E-state index in [2.05, 4.69) is 62.5 Å². The summed E-state index contributed by atoms with van der Waals surface area (Å²) in [6.07, 6.45) is 57.7. The molecule has 1 amide bonds. The van der Waals surface area contributed by atoms with Crippen molar-refractivity contribution in [3.05, 3.63) is 36.5 Å². The van der Waals surface area contributed by atoms with Gasteiger partial charge in [0.25, 0.3) is 0 Å². The van der Waals surface area contributed by atoms with Crippen LogP contribution in [0.3, 0.4) is 0 Å². The Labute approximate surface area is 379 Å². The van der Waals surface area contributed by atoms with Crippen LogP contribution in [0.2, 0.25) is 0 Å². The first-order chi connectivity index (χ1) is 30.0. The van der Waals surface area contributed by atoms with Crippen LogP contribution in [0.25, 0.3) is 0 Å². The van der Waals surface area contributed by atoms with Crippen LogP contribution in [0.1, 0.15) is 278 Å². The Morgan fingerprint density at radius 2 is 0.836 bits per heavy atom. The highest BCUT2D eigenvalue weighted by Crippen LogP contribution is 2.18. The van der Waals surface area contributed by atoms with Gasteiger partial charge in [0.2, 0.25) is 5.91 Å². The van der Waals surface area contributed by atoms with Gasteiger partial charge in [-0.25, -0.2) is 0 Å². The summed E-state index contributed by atoms with van der Waals surface area (Å²) in [6.45, 7) is 6.47. The molecule has 0 aromatic heterocycles. The molecule has 0 aliphatic carbocycles. The van der Waals surface area contributed by atoms with Crippen LogP contribution < -0.4 is 5.32 Å². The molecule has 61 heavy (non-hydrogen) atoms. The summed E-state index contributed by atoms with van der Waals surface area (Å²) in [4.78, 5) is 26.2. The Morgan fingerprint density at radius 1 is 0.475 bits per heavy atom. The van der Waals surface area contributed by atoms with Crippen molar-refractivity contribution in [1.82, 2.24) is 5.32 Å². The van der Waals surface area contributed by atoms with E-state index in [1.165, 1.54) is 154 Å². The smallest absolute Gasteiger partial charge is 0.306 e. The lowest BCUT2D eigenvalue weighted by atomic mass is 10.0. The third-order valence-electron chi connectivity index (χ3n) is 12.2. The molecule has 0 saturated heterocycles. The van der Waals surface area contributed by atoms with Gasteiger partial charge in [0, 0.05) is 6.42 Å². The molecule has 358 valence electrons. The molecule has 0 fully saturated rings. The number of hydrogen-bond donors (Lipinski definition) is 3. The minimum Gasteiger partial charge on any atom is -0.462 e. The highest BCUT2D eigenvalue weighted by atomic mass is 16.5. The molecule has 0 bridgehead atoms. The zero-order valence-corrected chi connectivity index (χ0v) is 40.8. The van der Waals surface area contributed by atoms with Gasteiger partial charge in [-0.05, 0) is 77.0 Å². The molecule has 0 spiro atoms. The first-order valence-corrected chi connectivity index (χ1v) is 26.7. The normalized spacial score (nSPS) is 13.5. The molecule has 0 aliphatic rings. The zero-order valence-electron chi connectivity index (χ0n) is 40.8. The lowest BCUT2D eigenvalue weighted by Crippen LogP contribution is -2.46. The average Bonchev–Trinajstić information content (AvgIpc) is 3.25. The van der Waals surface area contributed by atoms with Crippen molar-refractivity contribution in [2.75, 3.05) is 6.61 Å². The molecule has 0 rings (SSSR count). The van der Waals surface area contributed by atoms with Gasteiger partial charge in [0.1, 0.15) is 6.10 Å². The number of allylic oxidation sites excluding steroid dienone is 6. The zero-order chi connectivity index (χ0) is 44.5. The molecule has 0 aromatic rings. The fourth-order valence-corrected chi connectivity index (χ4v) is 8.12. The van der Waals surface area contributed by atoms with Crippen molar-refractivity contribution in [3.63, 3.8) is 0 Å². The Hall–Kier alpha value is -1.92. The highest BCUT2D eigenvalue weighted by molar-refractivity contribution is 5.77. The number of amides is 1. The first-order valence-electron chi connectivity index (χ1n) is 26.7. The molecule has 3 atom stereocenters. The van der Waals surface area contributed by atoms with Gasteiger partial charge in [0.15, 0.2) is 0 Å². The van der Waals surface area contributed by atoms with Crippen LogP contribution in [-0.2, 0) is 14.3 Å². The second-order valence-electron chi connectivity index (χ2n) is 18.3. The summed E-state index contributed by atoms with van der Waals surface area (Å²) in [5, 5.41) is 23.7. The van der Waals surface area contributed by atoms with Gasteiger partial charge < -0.3 is 20.3 Å². The maximum absolute atomic E-state index is 13.2. The van der Waals surface area contributed by atoms with E-state index in [0.717, 1.165) is 77.0 Å². The summed E-state index contributed by atoms with van der Waals surface area (Å²) in [7, 11) is 0. The minimum atomic E-state index is -0.790. The first kappa shape index (κ1) is 59.1. The predicted molar refractivity (Wildman–Crippen MR) is 264 cm³/mol. The van der Waals surface area contributed by atoms with Crippen LogP contribution in [0.15, 0.2) is 36.5 Å². The summed E-state index contributed by atoms with van der Waals surface area (Å²) >= 11 is 0. The third-order valence-corrected chi connectivity index (χ3v) is 12.2. The number of hydrogen-bond acceptors (Lipinski definition) is 5. The summed E-state index contributed by atoms with van der Waals surface area (Å²) < 4.78 is 5.93. The number of carbonyl (C=O) groups excluding carboxylic acids is 2. The number of rotatable bonds is 48. The minimum absolute atomic E-state index is 0.0677. The third kappa shape index (κ3) is 44.5. The van der Waals surface area contributed by atoms with Crippen LogP contribution in [0, 0.1) is 0 Å². The number of ether oxygens (including phenoxy) is 1. The molecule has 0 aromatic carbocycles. The molecule has 0 saturated carbocycles. The topological polar surface area (TPSA) is 95.9 Å². The van der Waals surface area contributed by atoms with Gasteiger partial charge >= 0.3 is 5.97 Å². The van der Waals surface area contributed by atoms with Gasteiger partial charge in [-0.1, -0.05) is 224 Å². The van der Waals surface area contributed by atoms with Gasteiger partial charge in [-0.2, -0.15) is 0 Å². The Balaban J connectivity index is 4.57. The molecule has 6 nitrogen and oxygen atoms in total. The van der Waals surface area contributed by atoms with Gasteiger partial charge in [0.05, 0.1) is 25.2 Å². The molecule has 0 radical (unpaired) electrons. The fraction of sp³-hybridized carbons (Fsp3) is 0.855. The summed E-state index contributed by atoms with van der Waals surface area (Å²) in [5.41, 5.74) is 0. The van der Waals surface area contributed by atoms with E-state index in [0.29, 0.717) is 19.3 Å². The predicted octanol–water partition coefficient (Wildman–Crippen LogP) is 16.1. The van der Waals surface area contributed by atoms with Crippen molar-refractivity contribution in [2.24, 2.45) is 0 Å². The maximum atomic E-state index is 13.2. The number of unbranched alkanes of at least 4 members (excludes halogenated alkanes) is 31. The maximum Gasteiger partial charge on any atom is 0.306 e. The van der Waals surface area contributed by atoms with E-state index in [9.17, 15) is 19.8 Å². The van der Waals surface area contributed by atoms with Crippen LogP contribution in [0.4, 0.5) is 0 Å². The van der Waals surface area contributed by atoms with Crippen LogP contribution in [-0.4, -0.2) is 46.9 Å². The molecular weight excluding hydrogens is 755 g/mol. The second-order valence-corrected chi connectivity index (χ2v) is 18.3. The number of esters is 1. The van der Waals surface area contributed by atoms with E-state index in [4.69, 9.17) is 4.74 Å². The van der Waals surface area contributed by atoms with Crippen molar-refractivity contribution in [3.8, 4) is 0 Å². The lowest BCUT2D eigenvalue weighted by Gasteiger charge is -2.24. The fourth-order valence-electron chi connectivity index (χ4n) is 8.12. The van der Waals surface area contributed by atoms with E-state index in [1.54, 1.807) is 0 Å². The number of carbonyl (C=O) groups is 2. The van der Waals surface area contributed by atoms with Crippen molar-refractivity contribution in [2.45, 2.75) is 296 Å². The van der Waals surface area contributed by atoms with Gasteiger partial charge in [-0.3, -0.25) is 9.59 Å². The SMILES string of the molecule is CCCCCC/C=C\CCCCCCCC(CC(=O)NC(CO)C(O)CCCCCCCCCCCCC)OC(=O)CCCCCCC/C=C/C=C/CCCCCCCCC. The van der Waals surface area contributed by atoms with E-state index >= 15 is 0 Å². The van der Waals surface area contributed by atoms with Crippen molar-refractivity contribution in [1.29, 1.82) is 0 Å². The van der Waals surface area contributed by atoms with Crippen LogP contribution >= 0.6 is 0 Å². The molecular formula is C55H103NO5. The molecule has 0 aliphatic heterocycles. The number of nitrogens with one attached hydrogen (secondary N) is 1. The van der Waals surface area contributed by atoms with Crippen molar-refractivity contribution < 1.29 is 24.5 Å².